The van der Waals surface area contributed by atoms with Crippen LogP contribution in [0.3, 0.4) is 0 Å². The van der Waals surface area contributed by atoms with E-state index in [1.54, 1.807) is 0 Å². The minimum atomic E-state index is 0.620. The maximum Gasteiger partial charge on any atom is 0.119 e. The van der Waals surface area contributed by atoms with E-state index in [2.05, 4.69) is 49.2 Å². The van der Waals surface area contributed by atoms with Crippen molar-refractivity contribution in [2.75, 3.05) is 32.8 Å². The Kier molecular flexibility index (Phi) is 5.23. The van der Waals surface area contributed by atoms with Gasteiger partial charge in [-0.1, -0.05) is 6.07 Å². The smallest absolute Gasteiger partial charge is 0.119 e. The van der Waals surface area contributed by atoms with Crippen LogP contribution < -0.4 is 10.1 Å². The normalized spacial score (nSPS) is 20.5. The van der Waals surface area contributed by atoms with E-state index in [1.165, 1.54) is 11.1 Å². The number of hydrogen-bond acceptors (Lipinski definition) is 3. The summed E-state index contributed by atoms with van der Waals surface area (Å²) in [5, 5.41) is 3.47. The fourth-order valence-corrected chi connectivity index (χ4v) is 2.71. The average Bonchev–Trinajstić information content (AvgIpc) is 2.34. The number of rotatable bonds is 5. The summed E-state index contributed by atoms with van der Waals surface area (Å²) in [5.41, 5.74) is 2.54. The van der Waals surface area contributed by atoms with Gasteiger partial charge in [-0.2, -0.15) is 0 Å². The fraction of sp³-hybridized carbons (Fsp3) is 0.625. The number of nitrogens with zero attached hydrogens (tertiary/aromatic N) is 1. The number of benzene rings is 1. The van der Waals surface area contributed by atoms with Crippen LogP contribution in [0.4, 0.5) is 0 Å². The minimum Gasteiger partial charge on any atom is -0.494 e. The van der Waals surface area contributed by atoms with Crippen molar-refractivity contribution in [3.05, 3.63) is 29.3 Å². The van der Waals surface area contributed by atoms with Gasteiger partial charge in [-0.25, -0.2) is 0 Å². The van der Waals surface area contributed by atoms with Crippen LogP contribution in [0.5, 0.6) is 5.75 Å². The van der Waals surface area contributed by atoms with Gasteiger partial charge in [0.05, 0.1) is 6.61 Å². The van der Waals surface area contributed by atoms with Crippen molar-refractivity contribution >= 4 is 0 Å². The number of aryl methyl sites for hydroxylation is 2. The Bertz CT molecular complexity index is 385. The summed E-state index contributed by atoms with van der Waals surface area (Å²) in [5.74, 6) is 1.01. The molecule has 1 atom stereocenters. The van der Waals surface area contributed by atoms with Crippen LogP contribution in [0, 0.1) is 13.8 Å². The zero-order valence-corrected chi connectivity index (χ0v) is 12.4. The molecule has 1 aliphatic rings. The van der Waals surface area contributed by atoms with Crippen molar-refractivity contribution in [2.24, 2.45) is 0 Å². The molecule has 1 fully saturated rings. The molecule has 0 saturated carbocycles. The highest BCUT2D eigenvalue weighted by molar-refractivity contribution is 5.32. The number of nitrogens with one attached hydrogen (secondary N) is 1. The van der Waals surface area contributed by atoms with Gasteiger partial charge in [0.2, 0.25) is 0 Å². The van der Waals surface area contributed by atoms with Crippen molar-refractivity contribution < 1.29 is 4.74 Å². The molecule has 0 radical (unpaired) electrons. The maximum atomic E-state index is 5.84. The predicted molar refractivity (Wildman–Crippen MR) is 79.9 cm³/mol. The summed E-state index contributed by atoms with van der Waals surface area (Å²) >= 11 is 0. The Labute approximate surface area is 116 Å². The van der Waals surface area contributed by atoms with Crippen LogP contribution in [-0.4, -0.2) is 43.7 Å². The highest BCUT2D eigenvalue weighted by atomic mass is 16.5. The Morgan fingerprint density at radius 1 is 1.26 bits per heavy atom. The number of ether oxygens (including phenoxy) is 1. The summed E-state index contributed by atoms with van der Waals surface area (Å²) in [6.45, 7) is 11.8. The molecule has 19 heavy (non-hydrogen) atoms. The third-order valence-electron chi connectivity index (χ3n) is 3.54. The first kappa shape index (κ1) is 14.4. The summed E-state index contributed by atoms with van der Waals surface area (Å²) in [4.78, 5) is 2.52. The SMILES string of the molecule is Cc1cc(C)cc(OCCCN2CCN[C@@H](C)C2)c1. The maximum absolute atomic E-state index is 5.84. The van der Waals surface area contributed by atoms with Crippen LogP contribution in [0.25, 0.3) is 0 Å². The molecule has 0 aromatic heterocycles. The van der Waals surface area contributed by atoms with Crippen LogP contribution in [0.2, 0.25) is 0 Å². The highest BCUT2D eigenvalue weighted by Gasteiger charge is 2.14. The van der Waals surface area contributed by atoms with E-state index in [9.17, 15) is 0 Å². The van der Waals surface area contributed by atoms with Gasteiger partial charge in [-0.3, -0.25) is 0 Å². The second-order valence-electron chi connectivity index (χ2n) is 5.68. The van der Waals surface area contributed by atoms with Crippen molar-refractivity contribution in [2.45, 2.75) is 33.2 Å². The first-order valence-corrected chi connectivity index (χ1v) is 7.30. The van der Waals surface area contributed by atoms with Crippen LogP contribution in [-0.2, 0) is 0 Å². The van der Waals surface area contributed by atoms with E-state index in [0.29, 0.717) is 6.04 Å². The van der Waals surface area contributed by atoms with Crippen molar-refractivity contribution in [3.63, 3.8) is 0 Å². The van der Waals surface area contributed by atoms with Crippen molar-refractivity contribution in [1.82, 2.24) is 10.2 Å². The first-order valence-electron chi connectivity index (χ1n) is 7.30. The minimum absolute atomic E-state index is 0.620. The molecular weight excluding hydrogens is 236 g/mol. The van der Waals surface area contributed by atoms with Gasteiger partial charge < -0.3 is 15.0 Å². The third kappa shape index (κ3) is 4.84. The summed E-state index contributed by atoms with van der Waals surface area (Å²) < 4.78 is 5.84. The van der Waals surface area contributed by atoms with Crippen molar-refractivity contribution in [3.8, 4) is 5.75 Å². The van der Waals surface area contributed by atoms with Gasteiger partial charge in [-0.05, 0) is 50.5 Å². The molecular formula is C16H26N2O. The standard InChI is InChI=1S/C16H26N2O/c1-13-9-14(2)11-16(10-13)19-8-4-6-18-7-5-17-15(3)12-18/h9-11,15,17H,4-8,12H2,1-3H3/t15-/m0/s1. The van der Waals surface area contributed by atoms with Gasteiger partial charge in [0.15, 0.2) is 0 Å². The third-order valence-corrected chi connectivity index (χ3v) is 3.54. The van der Waals surface area contributed by atoms with E-state index in [1.807, 2.05) is 0 Å². The Hall–Kier alpha value is -1.06. The average molecular weight is 262 g/mol. The molecule has 3 heteroatoms. The molecule has 3 nitrogen and oxygen atoms in total. The molecule has 0 unspecified atom stereocenters. The number of hydrogen-bond donors (Lipinski definition) is 1. The zero-order valence-electron chi connectivity index (χ0n) is 12.4. The summed E-state index contributed by atoms with van der Waals surface area (Å²) in [6, 6.07) is 7.02. The molecule has 2 rings (SSSR count). The molecule has 1 aromatic carbocycles. The first-order chi connectivity index (χ1) is 9.13. The lowest BCUT2D eigenvalue weighted by Crippen LogP contribution is -2.49. The van der Waals surface area contributed by atoms with Crippen LogP contribution in [0.1, 0.15) is 24.5 Å². The lowest BCUT2D eigenvalue weighted by Gasteiger charge is -2.31. The monoisotopic (exact) mass is 262 g/mol. The predicted octanol–water partition coefficient (Wildman–Crippen LogP) is 2.37. The molecule has 1 aliphatic heterocycles. The number of piperazine rings is 1. The second kappa shape index (κ2) is 6.92. The van der Waals surface area contributed by atoms with E-state index in [-0.39, 0.29) is 0 Å². The van der Waals surface area contributed by atoms with Crippen LogP contribution >= 0.6 is 0 Å². The van der Waals surface area contributed by atoms with E-state index in [4.69, 9.17) is 4.74 Å². The Morgan fingerprint density at radius 2 is 2.00 bits per heavy atom. The molecule has 0 spiro atoms. The molecule has 0 amide bonds. The van der Waals surface area contributed by atoms with E-state index < -0.39 is 0 Å². The molecule has 106 valence electrons. The van der Waals surface area contributed by atoms with E-state index >= 15 is 0 Å². The lowest BCUT2D eigenvalue weighted by atomic mass is 10.1. The molecule has 1 N–H and O–H groups in total. The van der Waals surface area contributed by atoms with Gasteiger partial charge in [0.1, 0.15) is 5.75 Å². The van der Waals surface area contributed by atoms with Crippen molar-refractivity contribution in [1.29, 1.82) is 0 Å². The van der Waals surface area contributed by atoms with Crippen LogP contribution in [0.15, 0.2) is 18.2 Å². The summed E-state index contributed by atoms with van der Waals surface area (Å²) in [7, 11) is 0. The molecule has 1 heterocycles. The van der Waals surface area contributed by atoms with Gasteiger partial charge in [0.25, 0.3) is 0 Å². The fourth-order valence-electron chi connectivity index (χ4n) is 2.71. The molecule has 1 aromatic rings. The molecule has 0 aliphatic carbocycles. The second-order valence-corrected chi connectivity index (χ2v) is 5.68. The molecule has 0 bridgehead atoms. The Morgan fingerprint density at radius 3 is 2.68 bits per heavy atom. The topological polar surface area (TPSA) is 24.5 Å². The molecule has 1 saturated heterocycles. The van der Waals surface area contributed by atoms with Gasteiger partial charge >= 0.3 is 0 Å². The van der Waals surface area contributed by atoms with Gasteiger partial charge in [-0.15, -0.1) is 0 Å². The quantitative estimate of drug-likeness (QED) is 0.825. The summed E-state index contributed by atoms with van der Waals surface area (Å²) in [6.07, 6.45) is 1.10. The lowest BCUT2D eigenvalue weighted by molar-refractivity contribution is 0.189. The zero-order chi connectivity index (χ0) is 13.7. The van der Waals surface area contributed by atoms with E-state index in [0.717, 1.165) is 45.0 Å². The highest BCUT2D eigenvalue weighted by Crippen LogP contribution is 2.16. The van der Waals surface area contributed by atoms with Gasteiger partial charge in [0, 0.05) is 32.2 Å². The Balaban J connectivity index is 1.68. The largest absolute Gasteiger partial charge is 0.494 e.